The van der Waals surface area contributed by atoms with E-state index in [1.54, 1.807) is 13.8 Å². The van der Waals surface area contributed by atoms with Gasteiger partial charge in [-0.15, -0.1) is 11.3 Å². The lowest BCUT2D eigenvalue weighted by Crippen LogP contribution is -2.33. The maximum atomic E-state index is 12.4. The maximum Gasteiger partial charge on any atom is 0.327 e. The average Bonchev–Trinajstić information content (AvgIpc) is 2.75. The molecule has 0 amide bonds. The lowest BCUT2D eigenvalue weighted by molar-refractivity contribution is -0.142. The van der Waals surface area contributed by atoms with E-state index in [9.17, 15) is 14.7 Å². The molecule has 0 aliphatic heterocycles. The molecular weight excluding hydrogens is 264 g/mol. The third kappa shape index (κ3) is 2.40. The Bertz CT molecular complexity index is 672. The van der Waals surface area contributed by atoms with Crippen molar-refractivity contribution in [3.8, 4) is 0 Å². The van der Waals surface area contributed by atoms with Crippen molar-refractivity contribution in [3.63, 3.8) is 0 Å². The van der Waals surface area contributed by atoms with Crippen LogP contribution >= 0.6 is 11.3 Å². The highest BCUT2D eigenvalue weighted by molar-refractivity contribution is 7.18. The molecule has 6 heteroatoms. The minimum absolute atomic E-state index is 0.182. The maximum absolute atomic E-state index is 12.4. The summed E-state index contributed by atoms with van der Waals surface area (Å²) in [6.07, 6.45) is 2.19. The zero-order chi connectivity index (χ0) is 14.2. The monoisotopic (exact) mass is 280 g/mol. The number of hydrogen-bond donors (Lipinski definition) is 1. The normalized spacial score (nSPS) is 13.1. The predicted octanol–water partition coefficient (Wildman–Crippen LogP) is 2.30. The SMILES string of the molecule is CCc1cc2c(=O)n(C(C(=O)O)C(C)C)cnc2s1. The van der Waals surface area contributed by atoms with Gasteiger partial charge in [-0.2, -0.15) is 0 Å². The minimum atomic E-state index is -1.01. The van der Waals surface area contributed by atoms with Crippen molar-refractivity contribution in [3.05, 3.63) is 27.6 Å². The smallest absolute Gasteiger partial charge is 0.327 e. The van der Waals surface area contributed by atoms with E-state index in [2.05, 4.69) is 4.98 Å². The van der Waals surface area contributed by atoms with E-state index in [1.165, 1.54) is 22.2 Å². The van der Waals surface area contributed by atoms with E-state index in [1.807, 2.05) is 13.0 Å². The van der Waals surface area contributed by atoms with Crippen LogP contribution in [-0.4, -0.2) is 20.6 Å². The Balaban J connectivity index is 2.65. The molecule has 0 radical (unpaired) electrons. The first-order chi connectivity index (χ1) is 8.95. The first-order valence-corrected chi connectivity index (χ1v) is 6.99. The molecule has 19 heavy (non-hydrogen) atoms. The van der Waals surface area contributed by atoms with E-state index in [-0.39, 0.29) is 11.5 Å². The summed E-state index contributed by atoms with van der Waals surface area (Å²) in [5.74, 6) is -1.19. The molecule has 2 heterocycles. The molecule has 102 valence electrons. The van der Waals surface area contributed by atoms with Gasteiger partial charge in [0.05, 0.1) is 11.7 Å². The third-order valence-electron chi connectivity index (χ3n) is 3.06. The highest BCUT2D eigenvalue weighted by Crippen LogP contribution is 2.23. The topological polar surface area (TPSA) is 72.2 Å². The second kappa shape index (κ2) is 5.13. The number of thiophene rings is 1. The van der Waals surface area contributed by atoms with Crippen LogP contribution < -0.4 is 5.56 Å². The van der Waals surface area contributed by atoms with Crippen molar-refractivity contribution >= 4 is 27.5 Å². The van der Waals surface area contributed by atoms with Gasteiger partial charge in [-0.1, -0.05) is 20.8 Å². The largest absolute Gasteiger partial charge is 0.480 e. The highest BCUT2D eigenvalue weighted by atomic mass is 32.1. The van der Waals surface area contributed by atoms with Gasteiger partial charge in [-0.05, 0) is 18.4 Å². The highest BCUT2D eigenvalue weighted by Gasteiger charge is 2.25. The third-order valence-corrected chi connectivity index (χ3v) is 4.25. The lowest BCUT2D eigenvalue weighted by Gasteiger charge is -2.18. The van der Waals surface area contributed by atoms with Crippen molar-refractivity contribution in [1.82, 2.24) is 9.55 Å². The van der Waals surface area contributed by atoms with Crippen LogP contribution in [0.3, 0.4) is 0 Å². The van der Waals surface area contributed by atoms with Crippen LogP contribution in [0, 0.1) is 5.92 Å². The van der Waals surface area contributed by atoms with Gasteiger partial charge < -0.3 is 5.11 Å². The first-order valence-electron chi connectivity index (χ1n) is 6.18. The Morgan fingerprint density at radius 1 is 1.53 bits per heavy atom. The van der Waals surface area contributed by atoms with E-state index in [0.29, 0.717) is 10.2 Å². The Kier molecular flexibility index (Phi) is 3.71. The number of aliphatic carboxylic acids is 1. The van der Waals surface area contributed by atoms with E-state index >= 15 is 0 Å². The number of carboxylic acids is 1. The quantitative estimate of drug-likeness (QED) is 0.932. The fraction of sp³-hybridized carbons (Fsp3) is 0.462. The average molecular weight is 280 g/mol. The second-order valence-corrected chi connectivity index (χ2v) is 5.88. The fourth-order valence-corrected chi connectivity index (χ4v) is 3.01. The van der Waals surface area contributed by atoms with Crippen molar-refractivity contribution in [2.24, 2.45) is 5.92 Å². The molecular formula is C13H16N2O3S. The summed E-state index contributed by atoms with van der Waals surface area (Å²) in [6, 6.07) is 0.930. The molecule has 2 aromatic rings. The molecule has 5 nitrogen and oxygen atoms in total. The van der Waals surface area contributed by atoms with Gasteiger partial charge >= 0.3 is 5.97 Å². The number of carboxylic acid groups (broad SMARTS) is 1. The summed E-state index contributed by atoms with van der Waals surface area (Å²) < 4.78 is 1.22. The molecule has 2 aromatic heterocycles. The Morgan fingerprint density at radius 3 is 2.74 bits per heavy atom. The van der Waals surface area contributed by atoms with Gasteiger partial charge in [0.25, 0.3) is 5.56 Å². The summed E-state index contributed by atoms with van der Waals surface area (Å²) >= 11 is 1.48. The number of rotatable bonds is 4. The van der Waals surface area contributed by atoms with Gasteiger partial charge in [-0.25, -0.2) is 9.78 Å². The van der Waals surface area contributed by atoms with Crippen molar-refractivity contribution in [2.45, 2.75) is 33.2 Å². The number of fused-ring (bicyclic) bond motifs is 1. The van der Waals surface area contributed by atoms with E-state index in [0.717, 1.165) is 11.3 Å². The molecule has 0 bridgehead atoms. The van der Waals surface area contributed by atoms with Gasteiger partial charge in [-0.3, -0.25) is 9.36 Å². The summed E-state index contributed by atoms with van der Waals surface area (Å²) in [4.78, 5) is 29.6. The minimum Gasteiger partial charge on any atom is -0.480 e. The van der Waals surface area contributed by atoms with Crippen LogP contribution in [0.4, 0.5) is 0 Å². The molecule has 0 aliphatic rings. The Hall–Kier alpha value is -1.69. The zero-order valence-corrected chi connectivity index (χ0v) is 11.9. The van der Waals surface area contributed by atoms with Crippen LogP contribution in [0.15, 0.2) is 17.2 Å². The number of nitrogens with zero attached hydrogens (tertiary/aromatic N) is 2. The molecule has 0 aliphatic carbocycles. The number of aryl methyl sites for hydroxylation is 1. The molecule has 0 saturated carbocycles. The summed E-state index contributed by atoms with van der Waals surface area (Å²) in [7, 11) is 0. The van der Waals surface area contributed by atoms with Crippen molar-refractivity contribution in [2.75, 3.05) is 0 Å². The molecule has 1 N–H and O–H groups in total. The van der Waals surface area contributed by atoms with Crippen molar-refractivity contribution in [1.29, 1.82) is 0 Å². The Labute approximate surface area is 114 Å². The molecule has 0 aromatic carbocycles. The van der Waals surface area contributed by atoms with Crippen LogP contribution in [0.2, 0.25) is 0 Å². The number of aromatic nitrogens is 2. The number of carbonyl (C=O) groups is 1. The van der Waals surface area contributed by atoms with Crippen LogP contribution in [0.5, 0.6) is 0 Å². The first kappa shape index (κ1) is 13.7. The van der Waals surface area contributed by atoms with E-state index in [4.69, 9.17) is 0 Å². The Morgan fingerprint density at radius 2 is 2.21 bits per heavy atom. The molecule has 0 saturated heterocycles. The molecule has 1 unspecified atom stereocenters. The molecule has 1 atom stereocenters. The van der Waals surface area contributed by atoms with Crippen LogP contribution in [0.25, 0.3) is 10.2 Å². The summed E-state index contributed by atoms with van der Waals surface area (Å²) in [6.45, 7) is 5.57. The van der Waals surface area contributed by atoms with E-state index < -0.39 is 12.0 Å². The van der Waals surface area contributed by atoms with Crippen LogP contribution in [-0.2, 0) is 11.2 Å². The lowest BCUT2D eigenvalue weighted by atomic mass is 10.0. The van der Waals surface area contributed by atoms with Gasteiger partial charge in [0.1, 0.15) is 10.9 Å². The fourth-order valence-electron chi connectivity index (χ4n) is 2.08. The summed E-state index contributed by atoms with van der Waals surface area (Å²) in [5.41, 5.74) is -0.276. The summed E-state index contributed by atoms with van der Waals surface area (Å²) in [5, 5.41) is 9.77. The number of hydrogen-bond acceptors (Lipinski definition) is 4. The standard InChI is InChI=1S/C13H16N2O3S/c1-4-8-5-9-11(19-8)14-6-15(12(9)16)10(7(2)3)13(17)18/h5-7,10H,4H2,1-3H3,(H,17,18). The van der Waals surface area contributed by atoms with Gasteiger partial charge in [0, 0.05) is 4.88 Å². The molecule has 2 rings (SSSR count). The zero-order valence-electron chi connectivity index (χ0n) is 11.1. The van der Waals surface area contributed by atoms with Crippen LogP contribution in [0.1, 0.15) is 31.7 Å². The molecule has 0 fully saturated rings. The van der Waals surface area contributed by atoms with Gasteiger partial charge in [0.2, 0.25) is 0 Å². The van der Waals surface area contributed by atoms with Gasteiger partial charge in [0.15, 0.2) is 0 Å². The molecule has 0 spiro atoms. The van der Waals surface area contributed by atoms with Crippen molar-refractivity contribution < 1.29 is 9.90 Å². The predicted molar refractivity (Wildman–Crippen MR) is 74.8 cm³/mol. The second-order valence-electron chi connectivity index (χ2n) is 4.77.